The molecule has 2 atom stereocenters. The number of rotatable bonds is 4. The lowest BCUT2D eigenvalue weighted by Crippen LogP contribution is -2.38. The van der Waals surface area contributed by atoms with Crippen molar-refractivity contribution in [3.05, 3.63) is 35.4 Å². The summed E-state index contributed by atoms with van der Waals surface area (Å²) in [5, 5.41) is 0. The average Bonchev–Trinajstić information content (AvgIpc) is 2.71. The van der Waals surface area contributed by atoms with Crippen LogP contribution in [0.4, 0.5) is 0 Å². The molecule has 0 spiro atoms. The molecule has 2 rings (SSSR count). The third-order valence-corrected chi connectivity index (χ3v) is 3.98. The number of ether oxygens (including phenoxy) is 1. The van der Waals surface area contributed by atoms with Crippen LogP contribution in [0.25, 0.3) is 0 Å². The fourth-order valence-electron chi connectivity index (χ4n) is 2.73. The van der Waals surface area contributed by atoms with Crippen LogP contribution in [0.1, 0.15) is 37.3 Å². The maximum absolute atomic E-state index is 6.15. The Balaban J connectivity index is 1.99. The van der Waals surface area contributed by atoms with Crippen molar-refractivity contribution < 1.29 is 4.74 Å². The first-order valence-electron chi connectivity index (χ1n) is 6.54. The highest BCUT2D eigenvalue weighted by Crippen LogP contribution is 2.37. The van der Waals surface area contributed by atoms with Crippen LogP contribution < -0.4 is 5.73 Å². The van der Waals surface area contributed by atoms with Crippen molar-refractivity contribution in [2.75, 3.05) is 6.54 Å². The highest BCUT2D eigenvalue weighted by Gasteiger charge is 2.37. The van der Waals surface area contributed by atoms with Gasteiger partial charge in [0.2, 0.25) is 0 Å². The first kappa shape index (κ1) is 12.6. The maximum atomic E-state index is 6.15. The summed E-state index contributed by atoms with van der Waals surface area (Å²) in [6, 6.07) is 8.40. The van der Waals surface area contributed by atoms with E-state index in [1.165, 1.54) is 17.5 Å². The molecular weight excluding hydrogens is 210 g/mol. The fourth-order valence-corrected chi connectivity index (χ4v) is 2.73. The largest absolute Gasteiger partial charge is 0.369 e. The SMILES string of the molecule is Cc1ccccc1COC1(CN)CCC(C)C1. The summed E-state index contributed by atoms with van der Waals surface area (Å²) in [6.45, 7) is 5.75. The van der Waals surface area contributed by atoms with Gasteiger partial charge in [-0.2, -0.15) is 0 Å². The molecule has 0 aliphatic heterocycles. The van der Waals surface area contributed by atoms with Gasteiger partial charge in [0.25, 0.3) is 0 Å². The Morgan fingerprint density at radius 1 is 1.41 bits per heavy atom. The lowest BCUT2D eigenvalue weighted by atomic mass is 10.0. The van der Waals surface area contributed by atoms with Crippen molar-refractivity contribution in [2.24, 2.45) is 11.7 Å². The molecule has 2 N–H and O–H groups in total. The van der Waals surface area contributed by atoms with Gasteiger partial charge in [0.05, 0.1) is 12.2 Å². The van der Waals surface area contributed by atoms with Gasteiger partial charge in [0.15, 0.2) is 0 Å². The van der Waals surface area contributed by atoms with Crippen molar-refractivity contribution in [1.29, 1.82) is 0 Å². The van der Waals surface area contributed by atoms with Crippen molar-refractivity contribution >= 4 is 0 Å². The molecule has 0 bridgehead atoms. The Labute approximate surface area is 104 Å². The molecule has 0 amide bonds. The van der Waals surface area contributed by atoms with Crippen LogP contribution in [0.2, 0.25) is 0 Å². The standard InChI is InChI=1S/C15H23NO/c1-12-7-8-15(9-12,11-16)17-10-14-6-4-3-5-13(14)2/h3-6,12H,7-11,16H2,1-2H3. The van der Waals surface area contributed by atoms with Gasteiger partial charge in [-0.3, -0.25) is 0 Å². The quantitative estimate of drug-likeness (QED) is 0.867. The van der Waals surface area contributed by atoms with Gasteiger partial charge >= 0.3 is 0 Å². The summed E-state index contributed by atoms with van der Waals surface area (Å²) in [5.74, 6) is 0.746. The number of aryl methyl sites for hydroxylation is 1. The van der Waals surface area contributed by atoms with Gasteiger partial charge in [-0.25, -0.2) is 0 Å². The Hall–Kier alpha value is -0.860. The van der Waals surface area contributed by atoms with E-state index >= 15 is 0 Å². The molecule has 1 aromatic rings. The number of benzene rings is 1. The summed E-state index contributed by atoms with van der Waals surface area (Å²) in [5.41, 5.74) is 8.42. The Bertz CT molecular complexity index is 377. The molecule has 2 unspecified atom stereocenters. The molecule has 0 radical (unpaired) electrons. The molecule has 0 heterocycles. The Morgan fingerprint density at radius 3 is 2.76 bits per heavy atom. The summed E-state index contributed by atoms with van der Waals surface area (Å²) >= 11 is 0. The van der Waals surface area contributed by atoms with Crippen LogP contribution in [0.5, 0.6) is 0 Å². The second-order valence-corrected chi connectivity index (χ2v) is 5.45. The second kappa shape index (κ2) is 5.19. The highest BCUT2D eigenvalue weighted by atomic mass is 16.5. The molecular formula is C15H23NO. The average molecular weight is 233 g/mol. The third kappa shape index (κ3) is 2.88. The molecule has 1 aliphatic carbocycles. The zero-order valence-electron chi connectivity index (χ0n) is 10.9. The molecule has 94 valence electrons. The molecule has 0 aromatic heterocycles. The van der Waals surface area contributed by atoms with Gasteiger partial charge in [-0.1, -0.05) is 31.2 Å². The molecule has 1 saturated carbocycles. The molecule has 17 heavy (non-hydrogen) atoms. The van der Waals surface area contributed by atoms with Crippen LogP contribution in [-0.4, -0.2) is 12.1 Å². The molecule has 0 saturated heterocycles. The third-order valence-electron chi connectivity index (χ3n) is 3.98. The molecule has 1 aromatic carbocycles. The van der Waals surface area contributed by atoms with Gasteiger partial charge in [0, 0.05) is 6.54 Å². The normalized spacial score (nSPS) is 28.5. The van der Waals surface area contributed by atoms with Crippen LogP contribution in [0, 0.1) is 12.8 Å². The monoisotopic (exact) mass is 233 g/mol. The van der Waals surface area contributed by atoms with E-state index in [4.69, 9.17) is 10.5 Å². The van der Waals surface area contributed by atoms with Crippen LogP contribution in [-0.2, 0) is 11.3 Å². The van der Waals surface area contributed by atoms with E-state index in [0.29, 0.717) is 13.2 Å². The Morgan fingerprint density at radius 2 is 2.18 bits per heavy atom. The van der Waals surface area contributed by atoms with Gasteiger partial charge < -0.3 is 10.5 Å². The summed E-state index contributed by atoms with van der Waals surface area (Å²) < 4.78 is 6.15. The van der Waals surface area contributed by atoms with E-state index in [0.717, 1.165) is 18.8 Å². The van der Waals surface area contributed by atoms with E-state index in [1.54, 1.807) is 0 Å². The number of hydrogen-bond donors (Lipinski definition) is 1. The van der Waals surface area contributed by atoms with Crippen LogP contribution in [0.15, 0.2) is 24.3 Å². The first-order valence-corrected chi connectivity index (χ1v) is 6.54. The number of hydrogen-bond acceptors (Lipinski definition) is 2. The lowest BCUT2D eigenvalue weighted by molar-refractivity contribution is -0.0472. The molecule has 1 aliphatic rings. The number of nitrogens with two attached hydrogens (primary N) is 1. The van der Waals surface area contributed by atoms with E-state index in [1.807, 2.05) is 0 Å². The maximum Gasteiger partial charge on any atom is 0.0811 e. The molecule has 2 heteroatoms. The minimum absolute atomic E-state index is 0.0678. The van der Waals surface area contributed by atoms with Crippen molar-refractivity contribution in [3.8, 4) is 0 Å². The zero-order chi connectivity index (χ0) is 12.3. The van der Waals surface area contributed by atoms with E-state index in [2.05, 4.69) is 38.1 Å². The van der Waals surface area contributed by atoms with E-state index in [-0.39, 0.29) is 5.60 Å². The lowest BCUT2D eigenvalue weighted by Gasteiger charge is -2.28. The highest BCUT2D eigenvalue weighted by molar-refractivity contribution is 5.24. The topological polar surface area (TPSA) is 35.2 Å². The van der Waals surface area contributed by atoms with E-state index in [9.17, 15) is 0 Å². The predicted molar refractivity (Wildman–Crippen MR) is 70.8 cm³/mol. The summed E-state index contributed by atoms with van der Waals surface area (Å²) in [6.07, 6.45) is 3.46. The van der Waals surface area contributed by atoms with Crippen LogP contribution in [0.3, 0.4) is 0 Å². The Kier molecular flexibility index (Phi) is 3.85. The van der Waals surface area contributed by atoms with Gasteiger partial charge in [-0.05, 0) is 43.2 Å². The molecule has 2 nitrogen and oxygen atoms in total. The van der Waals surface area contributed by atoms with Gasteiger partial charge in [-0.15, -0.1) is 0 Å². The van der Waals surface area contributed by atoms with E-state index < -0.39 is 0 Å². The smallest absolute Gasteiger partial charge is 0.0811 e. The van der Waals surface area contributed by atoms with Crippen molar-refractivity contribution in [3.63, 3.8) is 0 Å². The minimum atomic E-state index is -0.0678. The first-order chi connectivity index (χ1) is 8.15. The summed E-state index contributed by atoms with van der Waals surface area (Å²) in [7, 11) is 0. The summed E-state index contributed by atoms with van der Waals surface area (Å²) in [4.78, 5) is 0. The zero-order valence-corrected chi connectivity index (χ0v) is 10.9. The minimum Gasteiger partial charge on any atom is -0.369 e. The fraction of sp³-hybridized carbons (Fsp3) is 0.600. The predicted octanol–water partition coefficient (Wildman–Crippen LogP) is 3.03. The van der Waals surface area contributed by atoms with Crippen molar-refractivity contribution in [2.45, 2.75) is 45.3 Å². The second-order valence-electron chi connectivity index (χ2n) is 5.45. The molecule has 1 fully saturated rings. The van der Waals surface area contributed by atoms with Crippen molar-refractivity contribution in [1.82, 2.24) is 0 Å². The van der Waals surface area contributed by atoms with Gasteiger partial charge in [0.1, 0.15) is 0 Å². The van der Waals surface area contributed by atoms with Crippen LogP contribution >= 0.6 is 0 Å².